The number of esters is 1. The van der Waals surface area contributed by atoms with Crippen LogP contribution in [-0.4, -0.2) is 62.7 Å². The molecule has 0 bridgehead atoms. The van der Waals surface area contributed by atoms with Crippen LogP contribution in [-0.2, 0) is 14.3 Å². The minimum Gasteiger partial charge on any atom is -0.458 e. The number of carbonyl (C=O) groups excluding carboxylic acids is 2. The van der Waals surface area contributed by atoms with E-state index in [0.717, 1.165) is 18.4 Å². The average Bonchev–Trinajstić information content (AvgIpc) is 3.16. The molecule has 35 heavy (non-hydrogen) atoms. The van der Waals surface area contributed by atoms with E-state index in [1.165, 1.54) is 6.08 Å². The second-order valence-corrected chi connectivity index (χ2v) is 12.5. The molecule has 1 aliphatic heterocycles. The molecule has 0 aromatic carbocycles. The van der Waals surface area contributed by atoms with Gasteiger partial charge in [0, 0.05) is 6.42 Å². The molecule has 0 spiro atoms. The van der Waals surface area contributed by atoms with Gasteiger partial charge in [-0.15, -0.1) is 0 Å². The maximum atomic E-state index is 13.2. The number of carbonyl (C=O) groups is 2. The molecular formula is C28H40O7. The van der Waals surface area contributed by atoms with Crippen molar-refractivity contribution in [3.8, 4) is 0 Å². The van der Waals surface area contributed by atoms with Gasteiger partial charge in [-0.1, -0.05) is 25.5 Å². The Labute approximate surface area is 207 Å². The van der Waals surface area contributed by atoms with Gasteiger partial charge in [0.1, 0.15) is 11.7 Å². The molecule has 0 aromatic heterocycles. The zero-order valence-electron chi connectivity index (χ0n) is 21.2. The summed E-state index contributed by atoms with van der Waals surface area (Å²) in [6.45, 7) is 7.57. The van der Waals surface area contributed by atoms with Crippen molar-refractivity contribution in [1.82, 2.24) is 0 Å². The second-order valence-electron chi connectivity index (χ2n) is 12.5. The molecule has 0 unspecified atom stereocenters. The Hall–Kier alpha value is -1.54. The molecule has 5 aliphatic rings. The molecule has 194 valence electrons. The van der Waals surface area contributed by atoms with Gasteiger partial charge in [-0.2, -0.15) is 0 Å². The first-order chi connectivity index (χ1) is 16.4. The van der Waals surface area contributed by atoms with Crippen molar-refractivity contribution < 1.29 is 34.8 Å². The van der Waals surface area contributed by atoms with E-state index in [2.05, 4.69) is 13.8 Å². The lowest BCUT2D eigenvalue weighted by Gasteiger charge is -2.64. The highest BCUT2D eigenvalue weighted by molar-refractivity contribution is 5.97. The lowest BCUT2D eigenvalue weighted by Crippen LogP contribution is -2.70. The van der Waals surface area contributed by atoms with Crippen LogP contribution in [0, 0.1) is 40.4 Å². The normalized spacial score (nSPS) is 50.3. The number of aliphatic hydroxyl groups is 4. The fraction of sp³-hybridized carbons (Fsp3) is 0.786. The molecule has 5 rings (SSSR count). The van der Waals surface area contributed by atoms with Crippen LogP contribution in [0.2, 0.25) is 0 Å². The van der Waals surface area contributed by atoms with Crippen LogP contribution in [0.4, 0.5) is 0 Å². The summed E-state index contributed by atoms with van der Waals surface area (Å²) in [6, 6.07) is 0. The Morgan fingerprint density at radius 3 is 2.49 bits per heavy atom. The number of hydrogen-bond donors (Lipinski definition) is 4. The minimum absolute atomic E-state index is 0.00984. The van der Waals surface area contributed by atoms with Crippen LogP contribution in [0.3, 0.4) is 0 Å². The Bertz CT molecular complexity index is 986. The predicted molar refractivity (Wildman–Crippen MR) is 128 cm³/mol. The first-order valence-corrected chi connectivity index (χ1v) is 13.2. The van der Waals surface area contributed by atoms with Crippen LogP contribution in [0.5, 0.6) is 0 Å². The van der Waals surface area contributed by atoms with E-state index in [0.29, 0.717) is 24.8 Å². The molecule has 3 fully saturated rings. The van der Waals surface area contributed by atoms with E-state index < -0.39 is 34.6 Å². The highest BCUT2D eigenvalue weighted by atomic mass is 16.5. The van der Waals surface area contributed by atoms with Gasteiger partial charge in [-0.25, -0.2) is 4.79 Å². The summed E-state index contributed by atoms with van der Waals surface area (Å²) in [5, 5.41) is 43.9. The summed E-state index contributed by atoms with van der Waals surface area (Å²) < 4.78 is 5.77. The predicted octanol–water partition coefficient (Wildman–Crippen LogP) is 2.31. The topological polar surface area (TPSA) is 124 Å². The molecule has 4 N–H and O–H groups in total. The zero-order valence-corrected chi connectivity index (χ0v) is 21.2. The average molecular weight is 489 g/mol. The Balaban J connectivity index is 1.46. The molecule has 0 aromatic rings. The van der Waals surface area contributed by atoms with E-state index >= 15 is 0 Å². The van der Waals surface area contributed by atoms with E-state index in [1.807, 2.05) is 6.92 Å². The maximum absolute atomic E-state index is 13.2. The van der Waals surface area contributed by atoms with Crippen molar-refractivity contribution in [3.05, 3.63) is 23.3 Å². The summed E-state index contributed by atoms with van der Waals surface area (Å²) in [5.74, 6) is -0.582. The van der Waals surface area contributed by atoms with Crippen LogP contribution in [0.25, 0.3) is 0 Å². The lowest BCUT2D eigenvalue weighted by molar-refractivity contribution is -0.245. The number of fused-ring (bicyclic) bond motifs is 5. The highest BCUT2D eigenvalue weighted by Gasteiger charge is 2.70. The van der Waals surface area contributed by atoms with Gasteiger partial charge in [-0.3, -0.25) is 4.79 Å². The maximum Gasteiger partial charge on any atom is 0.336 e. The van der Waals surface area contributed by atoms with Gasteiger partial charge in [0.15, 0.2) is 5.78 Å². The number of ether oxygens (including phenoxy) is 1. The van der Waals surface area contributed by atoms with E-state index in [-0.39, 0.29) is 54.5 Å². The van der Waals surface area contributed by atoms with Crippen molar-refractivity contribution in [2.75, 3.05) is 6.61 Å². The molecule has 0 saturated heterocycles. The number of hydrogen-bond acceptors (Lipinski definition) is 7. The van der Waals surface area contributed by atoms with Crippen molar-refractivity contribution in [1.29, 1.82) is 0 Å². The Kier molecular flexibility index (Phi) is 5.91. The van der Waals surface area contributed by atoms with E-state index in [4.69, 9.17) is 4.74 Å². The summed E-state index contributed by atoms with van der Waals surface area (Å²) in [6.07, 6.45) is 4.61. The number of rotatable bonds is 3. The lowest BCUT2D eigenvalue weighted by atomic mass is 9.42. The number of cyclic esters (lactones) is 1. The Morgan fingerprint density at radius 2 is 1.83 bits per heavy atom. The molecule has 1 heterocycles. The van der Waals surface area contributed by atoms with Gasteiger partial charge >= 0.3 is 5.97 Å². The molecule has 3 saturated carbocycles. The third-order valence-corrected chi connectivity index (χ3v) is 11.4. The third-order valence-electron chi connectivity index (χ3n) is 11.4. The standard InChI is InChI=1S/C28H40O7/c1-14-10-21(35-25(33)17(14)13-29)15(2)18-7-8-19-16-11-24(32)28(34)9-5-6-22(30)27(28,4)20(16)12-23(31)26(18,19)3/h5-6,15-16,18-21,23-24,29,31-32,34H,7-13H2,1-4H3/t15-,16-,18+,19-,20+,21+,23-,24+,26+,27-,28-/m0/s1. The summed E-state index contributed by atoms with van der Waals surface area (Å²) in [4.78, 5) is 25.7. The second kappa shape index (κ2) is 8.23. The van der Waals surface area contributed by atoms with E-state index in [9.17, 15) is 30.0 Å². The number of allylic oxidation sites excluding steroid dienone is 1. The molecule has 0 radical (unpaired) electrons. The fourth-order valence-corrected chi connectivity index (χ4v) is 9.18. The van der Waals surface area contributed by atoms with Crippen molar-refractivity contribution >= 4 is 11.8 Å². The highest BCUT2D eigenvalue weighted by Crippen LogP contribution is 2.68. The molecule has 0 amide bonds. The third kappa shape index (κ3) is 3.17. The van der Waals surface area contributed by atoms with Gasteiger partial charge in [0.05, 0.1) is 29.8 Å². The SMILES string of the molecule is CC1=C(CO)C(=O)O[C@@H]([C@@H](C)[C@H]2CC[C@H]3[C@@H]4C[C@@H](O)[C@@]5(O)CC=CC(=O)[C@]5(C)[C@@H]4C[C@H](O)[C@]23C)C1. The van der Waals surface area contributed by atoms with Gasteiger partial charge in [0.2, 0.25) is 0 Å². The molecule has 11 atom stereocenters. The fourth-order valence-electron chi connectivity index (χ4n) is 9.18. The smallest absolute Gasteiger partial charge is 0.336 e. The zero-order chi connectivity index (χ0) is 25.5. The summed E-state index contributed by atoms with van der Waals surface area (Å²) in [7, 11) is 0. The monoisotopic (exact) mass is 488 g/mol. The minimum atomic E-state index is -1.51. The molecule has 4 aliphatic carbocycles. The van der Waals surface area contributed by atoms with Crippen molar-refractivity contribution in [3.63, 3.8) is 0 Å². The van der Waals surface area contributed by atoms with Gasteiger partial charge in [0.25, 0.3) is 0 Å². The molecule has 7 nitrogen and oxygen atoms in total. The first-order valence-electron chi connectivity index (χ1n) is 13.2. The number of ketones is 1. The molecule has 7 heteroatoms. The Morgan fingerprint density at radius 1 is 1.11 bits per heavy atom. The van der Waals surface area contributed by atoms with Crippen molar-refractivity contribution in [2.45, 2.75) is 90.1 Å². The van der Waals surface area contributed by atoms with Crippen molar-refractivity contribution in [2.24, 2.45) is 40.4 Å². The van der Waals surface area contributed by atoms with Crippen LogP contribution >= 0.6 is 0 Å². The first kappa shape index (κ1) is 25.1. The largest absolute Gasteiger partial charge is 0.458 e. The van der Waals surface area contributed by atoms with Crippen LogP contribution in [0.1, 0.15) is 66.2 Å². The van der Waals surface area contributed by atoms with E-state index in [1.54, 1.807) is 13.0 Å². The summed E-state index contributed by atoms with van der Waals surface area (Å²) >= 11 is 0. The molecular weight excluding hydrogens is 448 g/mol. The van der Waals surface area contributed by atoms with Gasteiger partial charge < -0.3 is 25.2 Å². The van der Waals surface area contributed by atoms with Gasteiger partial charge in [-0.05, 0) is 87.0 Å². The van der Waals surface area contributed by atoms with Crippen LogP contribution in [0.15, 0.2) is 23.3 Å². The quantitative estimate of drug-likeness (QED) is 0.450. The summed E-state index contributed by atoms with van der Waals surface area (Å²) in [5.41, 5.74) is -1.88. The number of aliphatic hydroxyl groups excluding tert-OH is 3. The van der Waals surface area contributed by atoms with Crippen LogP contribution < -0.4 is 0 Å².